The average Bonchev–Trinajstić information content (AvgIpc) is 3.11. The molecular weight excluding hydrogens is 310 g/mol. The quantitative estimate of drug-likeness (QED) is 0.811. The van der Waals surface area contributed by atoms with Crippen molar-refractivity contribution in [2.45, 2.75) is 19.1 Å². The van der Waals surface area contributed by atoms with E-state index in [-0.39, 0.29) is 17.5 Å². The predicted octanol–water partition coefficient (Wildman–Crippen LogP) is 2.40. The molecule has 2 aliphatic rings. The van der Waals surface area contributed by atoms with Gasteiger partial charge >= 0.3 is 5.97 Å². The highest BCUT2D eigenvalue weighted by Crippen LogP contribution is 2.33. The van der Waals surface area contributed by atoms with Gasteiger partial charge in [0.15, 0.2) is 0 Å². The molecule has 2 amide bonds. The van der Waals surface area contributed by atoms with Crippen molar-refractivity contribution in [2.24, 2.45) is 0 Å². The zero-order chi connectivity index (χ0) is 16.7. The highest BCUT2D eigenvalue weighted by atomic mass is 16.7. The first-order chi connectivity index (χ1) is 11.6. The molecule has 6 heteroatoms. The Morgan fingerprint density at radius 3 is 2.38 bits per heavy atom. The van der Waals surface area contributed by atoms with E-state index in [1.807, 2.05) is 24.3 Å². The summed E-state index contributed by atoms with van der Waals surface area (Å²) >= 11 is 0. The number of hydroxylamine groups is 2. The van der Waals surface area contributed by atoms with Gasteiger partial charge in [0.2, 0.25) is 0 Å². The third kappa shape index (κ3) is 2.28. The van der Waals surface area contributed by atoms with Gasteiger partial charge in [-0.25, -0.2) is 4.79 Å². The molecule has 2 aromatic rings. The topological polar surface area (TPSA) is 72.9 Å². The van der Waals surface area contributed by atoms with E-state index in [9.17, 15) is 14.4 Å². The van der Waals surface area contributed by atoms with Gasteiger partial charge in [0.05, 0.1) is 30.3 Å². The first kappa shape index (κ1) is 14.6. The molecule has 2 aromatic carbocycles. The van der Waals surface area contributed by atoms with E-state index < -0.39 is 23.9 Å². The summed E-state index contributed by atoms with van der Waals surface area (Å²) in [6, 6.07) is 14.0. The Hall–Kier alpha value is -2.99. The fourth-order valence-electron chi connectivity index (χ4n) is 2.97. The second-order valence-corrected chi connectivity index (χ2v) is 5.62. The molecule has 1 unspecified atom stereocenters. The molecular formula is C18H13NO5. The monoisotopic (exact) mass is 323 g/mol. The van der Waals surface area contributed by atoms with Crippen LogP contribution in [0.4, 0.5) is 0 Å². The molecule has 4 rings (SSSR count). The minimum Gasteiger partial charge on any atom is -0.368 e. The van der Waals surface area contributed by atoms with Crippen LogP contribution >= 0.6 is 0 Å². The number of nitrogens with zero attached hydrogens (tertiary/aromatic N) is 1. The molecule has 0 bridgehead atoms. The van der Waals surface area contributed by atoms with Gasteiger partial charge in [0.25, 0.3) is 11.8 Å². The fraction of sp³-hybridized carbons (Fsp3) is 0.167. The van der Waals surface area contributed by atoms with Crippen molar-refractivity contribution in [3.63, 3.8) is 0 Å². The third-order valence-electron chi connectivity index (χ3n) is 4.14. The van der Waals surface area contributed by atoms with Gasteiger partial charge < -0.3 is 9.57 Å². The number of benzene rings is 2. The van der Waals surface area contributed by atoms with Gasteiger partial charge in [-0.1, -0.05) is 41.5 Å². The van der Waals surface area contributed by atoms with Crippen molar-refractivity contribution in [3.8, 4) is 0 Å². The van der Waals surface area contributed by atoms with Crippen LogP contribution < -0.4 is 0 Å². The highest BCUT2D eigenvalue weighted by molar-refractivity contribution is 6.20. The molecule has 0 N–H and O–H groups in total. The van der Waals surface area contributed by atoms with Crippen LogP contribution in [0.25, 0.3) is 0 Å². The van der Waals surface area contributed by atoms with Gasteiger partial charge in [-0.05, 0) is 23.3 Å². The summed E-state index contributed by atoms with van der Waals surface area (Å²) in [4.78, 5) is 41.5. The standard InChI is InChI=1S/C18H13NO5/c20-16(9-15-12-6-2-1-5-11(12)10-23-15)24-19-17(21)13-7-3-4-8-14(13)18(19)22/h1-8,15H,9-10H2. The van der Waals surface area contributed by atoms with Crippen molar-refractivity contribution in [3.05, 3.63) is 70.8 Å². The molecule has 6 nitrogen and oxygen atoms in total. The summed E-state index contributed by atoms with van der Waals surface area (Å²) in [6.45, 7) is 0.432. The predicted molar refractivity (Wildman–Crippen MR) is 81.6 cm³/mol. The number of fused-ring (bicyclic) bond motifs is 2. The lowest BCUT2D eigenvalue weighted by atomic mass is 10.0. The lowest BCUT2D eigenvalue weighted by molar-refractivity contribution is -0.171. The number of hydrogen-bond donors (Lipinski definition) is 0. The van der Waals surface area contributed by atoms with Gasteiger partial charge in [-0.2, -0.15) is 0 Å². The van der Waals surface area contributed by atoms with Gasteiger partial charge in [-0.3, -0.25) is 9.59 Å². The van der Waals surface area contributed by atoms with E-state index >= 15 is 0 Å². The average molecular weight is 323 g/mol. The van der Waals surface area contributed by atoms with Crippen LogP contribution in [0.5, 0.6) is 0 Å². The van der Waals surface area contributed by atoms with Crippen LogP contribution in [0.3, 0.4) is 0 Å². The van der Waals surface area contributed by atoms with Crippen molar-refractivity contribution in [2.75, 3.05) is 0 Å². The van der Waals surface area contributed by atoms with Crippen LogP contribution in [-0.4, -0.2) is 22.8 Å². The summed E-state index contributed by atoms with van der Waals surface area (Å²) in [7, 11) is 0. The molecule has 120 valence electrons. The van der Waals surface area contributed by atoms with Crippen LogP contribution in [0.15, 0.2) is 48.5 Å². The summed E-state index contributed by atoms with van der Waals surface area (Å²) in [5.74, 6) is -1.94. The minimum absolute atomic E-state index is 0.0651. The first-order valence-electron chi connectivity index (χ1n) is 7.53. The summed E-state index contributed by atoms with van der Waals surface area (Å²) in [6.07, 6.45) is -0.492. The number of hydrogen-bond acceptors (Lipinski definition) is 5. The van der Waals surface area contributed by atoms with Crippen LogP contribution in [0.1, 0.15) is 44.4 Å². The number of rotatable bonds is 3. The molecule has 1 atom stereocenters. The highest BCUT2D eigenvalue weighted by Gasteiger charge is 2.39. The second-order valence-electron chi connectivity index (χ2n) is 5.62. The van der Waals surface area contributed by atoms with Gasteiger partial charge in [-0.15, -0.1) is 0 Å². The van der Waals surface area contributed by atoms with Crippen molar-refractivity contribution < 1.29 is 24.0 Å². The molecule has 0 saturated carbocycles. The van der Waals surface area contributed by atoms with Crippen molar-refractivity contribution in [1.82, 2.24) is 5.06 Å². The Labute approximate surface area is 137 Å². The molecule has 0 radical (unpaired) electrons. The number of amides is 2. The Balaban J connectivity index is 1.47. The number of carbonyl (C=O) groups is 3. The lowest BCUT2D eigenvalue weighted by Crippen LogP contribution is -2.33. The molecule has 2 aliphatic heterocycles. The largest absolute Gasteiger partial charge is 0.368 e. The van der Waals surface area contributed by atoms with E-state index in [1.54, 1.807) is 12.1 Å². The molecule has 24 heavy (non-hydrogen) atoms. The maximum Gasteiger partial charge on any atom is 0.336 e. The van der Waals surface area contributed by atoms with Crippen LogP contribution in [-0.2, 0) is 21.0 Å². The van der Waals surface area contributed by atoms with Gasteiger partial charge in [0.1, 0.15) is 0 Å². The second kappa shape index (κ2) is 5.58. The van der Waals surface area contributed by atoms with Crippen molar-refractivity contribution >= 4 is 17.8 Å². The third-order valence-corrected chi connectivity index (χ3v) is 4.14. The zero-order valence-corrected chi connectivity index (χ0v) is 12.6. The molecule has 0 spiro atoms. The zero-order valence-electron chi connectivity index (χ0n) is 12.6. The van der Waals surface area contributed by atoms with E-state index in [2.05, 4.69) is 0 Å². The molecule has 0 aromatic heterocycles. The first-order valence-corrected chi connectivity index (χ1v) is 7.53. The maximum atomic E-state index is 12.2. The number of carbonyl (C=O) groups excluding carboxylic acids is 3. The van der Waals surface area contributed by atoms with Crippen LogP contribution in [0, 0.1) is 0 Å². The Morgan fingerprint density at radius 2 is 1.67 bits per heavy atom. The Kier molecular flexibility index (Phi) is 3.39. The lowest BCUT2D eigenvalue weighted by Gasteiger charge is -2.15. The summed E-state index contributed by atoms with van der Waals surface area (Å²) in [5, 5.41) is 0.522. The van der Waals surface area contributed by atoms with E-state index in [1.165, 1.54) is 12.1 Å². The Morgan fingerprint density at radius 1 is 1.04 bits per heavy atom. The molecule has 0 fully saturated rings. The maximum absolute atomic E-state index is 12.2. The molecule has 2 heterocycles. The van der Waals surface area contributed by atoms with Gasteiger partial charge in [0, 0.05) is 0 Å². The SMILES string of the molecule is O=C(CC1OCc2ccccc21)ON1C(=O)c2ccccc2C1=O. The van der Waals surface area contributed by atoms with Crippen molar-refractivity contribution in [1.29, 1.82) is 0 Å². The van der Waals surface area contributed by atoms with E-state index in [4.69, 9.17) is 9.57 Å². The van der Waals surface area contributed by atoms with E-state index in [0.29, 0.717) is 11.7 Å². The Bertz CT molecular complexity index is 825. The number of ether oxygens (including phenoxy) is 1. The summed E-state index contributed by atoms with van der Waals surface area (Å²) in [5.41, 5.74) is 2.42. The number of imide groups is 1. The molecule has 0 saturated heterocycles. The molecule has 0 aliphatic carbocycles. The summed E-state index contributed by atoms with van der Waals surface area (Å²) < 4.78 is 5.58. The minimum atomic E-state index is -0.689. The smallest absolute Gasteiger partial charge is 0.336 e. The fourth-order valence-corrected chi connectivity index (χ4v) is 2.97. The van der Waals surface area contributed by atoms with Crippen LogP contribution in [0.2, 0.25) is 0 Å². The normalized spacial score (nSPS) is 18.5. The van der Waals surface area contributed by atoms with E-state index in [0.717, 1.165) is 11.1 Å².